The number of benzene rings is 2. The highest BCUT2D eigenvalue weighted by Gasteiger charge is 2.27. The molecule has 1 aliphatic rings. The minimum absolute atomic E-state index is 0.0530. The Morgan fingerprint density at radius 1 is 1.14 bits per heavy atom. The van der Waals surface area contributed by atoms with E-state index in [4.69, 9.17) is 11.6 Å². The number of aromatic nitrogens is 2. The van der Waals surface area contributed by atoms with E-state index in [0.29, 0.717) is 23.3 Å². The molecule has 1 heterocycles. The first kappa shape index (κ1) is 25.3. The van der Waals surface area contributed by atoms with Crippen LogP contribution in [0, 0.1) is 5.92 Å². The van der Waals surface area contributed by atoms with Crippen LogP contribution in [0.4, 0.5) is 11.5 Å². The highest BCUT2D eigenvalue weighted by Crippen LogP contribution is 2.37. The van der Waals surface area contributed by atoms with E-state index in [2.05, 4.69) is 15.7 Å². The third-order valence-electron chi connectivity index (χ3n) is 6.42. The van der Waals surface area contributed by atoms with E-state index in [1.54, 1.807) is 16.4 Å². The van der Waals surface area contributed by atoms with Crippen LogP contribution in [0.1, 0.15) is 56.1 Å². The van der Waals surface area contributed by atoms with Gasteiger partial charge in [0.25, 0.3) is 0 Å². The molecule has 1 fully saturated rings. The molecule has 35 heavy (non-hydrogen) atoms. The summed E-state index contributed by atoms with van der Waals surface area (Å²) in [5, 5.41) is 11.1. The van der Waals surface area contributed by atoms with Crippen molar-refractivity contribution in [2.24, 2.45) is 5.92 Å². The van der Waals surface area contributed by atoms with Crippen LogP contribution in [-0.4, -0.2) is 27.9 Å². The molecule has 2 amide bonds. The highest BCUT2D eigenvalue weighted by atomic mass is 35.5. The van der Waals surface area contributed by atoms with Crippen molar-refractivity contribution in [2.45, 2.75) is 56.4 Å². The number of carbonyl (C=O) groups is 2. The third kappa shape index (κ3) is 6.89. The average molecular weight is 511 g/mol. The molecule has 0 bridgehead atoms. The quantitative estimate of drug-likeness (QED) is 0.319. The van der Waals surface area contributed by atoms with Crippen LogP contribution in [0.2, 0.25) is 5.02 Å². The SMILES string of the molecule is CSc1ccc([C@@H](CC2CCCC2)C(=O)Nc2ccn(Cc3cccc(NC(C)=O)c3)n2)cc1Cl. The zero-order valence-corrected chi connectivity index (χ0v) is 21.7. The summed E-state index contributed by atoms with van der Waals surface area (Å²) in [7, 11) is 0. The number of anilines is 2. The number of hydrogen-bond donors (Lipinski definition) is 2. The number of amides is 2. The summed E-state index contributed by atoms with van der Waals surface area (Å²) in [6, 6.07) is 15.4. The van der Waals surface area contributed by atoms with E-state index in [1.165, 1.54) is 32.6 Å². The summed E-state index contributed by atoms with van der Waals surface area (Å²) in [5.74, 6) is 0.644. The van der Waals surface area contributed by atoms with E-state index in [9.17, 15) is 9.59 Å². The van der Waals surface area contributed by atoms with Crippen LogP contribution in [0.5, 0.6) is 0 Å². The van der Waals surface area contributed by atoms with E-state index in [1.807, 2.05) is 61.0 Å². The van der Waals surface area contributed by atoms with E-state index < -0.39 is 0 Å². The van der Waals surface area contributed by atoms with Crippen LogP contribution in [0.15, 0.2) is 59.6 Å². The lowest BCUT2D eigenvalue weighted by Gasteiger charge is -2.21. The molecule has 2 N–H and O–H groups in total. The van der Waals surface area contributed by atoms with Gasteiger partial charge in [-0.15, -0.1) is 11.8 Å². The molecule has 184 valence electrons. The Hall–Kier alpha value is -2.77. The Bertz CT molecular complexity index is 1190. The molecule has 6 nitrogen and oxygen atoms in total. The smallest absolute Gasteiger partial charge is 0.233 e. The van der Waals surface area contributed by atoms with Crippen LogP contribution >= 0.6 is 23.4 Å². The van der Waals surface area contributed by atoms with Gasteiger partial charge >= 0.3 is 0 Å². The molecule has 0 aliphatic heterocycles. The van der Waals surface area contributed by atoms with E-state index in [0.717, 1.165) is 28.1 Å². The van der Waals surface area contributed by atoms with Crippen LogP contribution < -0.4 is 10.6 Å². The summed E-state index contributed by atoms with van der Waals surface area (Å²) in [6.45, 7) is 2.01. The summed E-state index contributed by atoms with van der Waals surface area (Å²) >= 11 is 8.08. The molecule has 1 atom stereocenters. The van der Waals surface area contributed by atoms with Gasteiger partial charge in [0.15, 0.2) is 5.82 Å². The zero-order valence-electron chi connectivity index (χ0n) is 20.1. The van der Waals surface area contributed by atoms with Gasteiger partial charge in [-0.25, -0.2) is 0 Å². The first-order valence-corrected chi connectivity index (χ1v) is 13.6. The van der Waals surface area contributed by atoms with Crippen molar-refractivity contribution in [1.82, 2.24) is 9.78 Å². The second kappa shape index (κ2) is 11.8. The van der Waals surface area contributed by atoms with Crippen molar-refractivity contribution in [3.05, 3.63) is 70.9 Å². The molecular weight excluding hydrogens is 480 g/mol. The molecule has 1 aliphatic carbocycles. The van der Waals surface area contributed by atoms with E-state index >= 15 is 0 Å². The Morgan fingerprint density at radius 3 is 2.66 bits per heavy atom. The number of thioether (sulfide) groups is 1. The predicted molar refractivity (Wildman–Crippen MR) is 143 cm³/mol. The number of hydrogen-bond acceptors (Lipinski definition) is 4. The maximum Gasteiger partial charge on any atom is 0.233 e. The molecule has 2 aromatic carbocycles. The number of nitrogens with zero attached hydrogens (tertiary/aromatic N) is 2. The lowest BCUT2D eigenvalue weighted by atomic mass is 9.87. The van der Waals surface area contributed by atoms with Crippen molar-refractivity contribution in [3.8, 4) is 0 Å². The highest BCUT2D eigenvalue weighted by molar-refractivity contribution is 7.98. The Morgan fingerprint density at radius 2 is 1.94 bits per heavy atom. The van der Waals surface area contributed by atoms with Gasteiger partial charge in [0.2, 0.25) is 11.8 Å². The van der Waals surface area contributed by atoms with Crippen molar-refractivity contribution in [2.75, 3.05) is 16.9 Å². The van der Waals surface area contributed by atoms with Gasteiger partial charge in [0.05, 0.1) is 17.5 Å². The lowest BCUT2D eigenvalue weighted by Crippen LogP contribution is -2.23. The molecule has 4 rings (SSSR count). The first-order chi connectivity index (χ1) is 16.9. The van der Waals surface area contributed by atoms with E-state index in [-0.39, 0.29) is 17.7 Å². The molecular formula is C27H31ClN4O2S. The summed E-state index contributed by atoms with van der Waals surface area (Å²) in [4.78, 5) is 25.8. The lowest BCUT2D eigenvalue weighted by molar-refractivity contribution is -0.118. The predicted octanol–water partition coefficient (Wildman–Crippen LogP) is 6.57. The molecule has 0 saturated heterocycles. The Labute approximate surface area is 215 Å². The molecule has 3 aromatic rings. The van der Waals surface area contributed by atoms with Crippen molar-refractivity contribution in [1.29, 1.82) is 0 Å². The molecule has 0 unspecified atom stereocenters. The number of carbonyl (C=O) groups excluding carboxylic acids is 2. The van der Waals surface area contributed by atoms with Gasteiger partial charge in [-0.1, -0.05) is 55.5 Å². The summed E-state index contributed by atoms with van der Waals surface area (Å²) in [6.07, 6.45) is 9.47. The third-order valence-corrected chi connectivity index (χ3v) is 7.64. The standard InChI is InChI=1S/C27H31ClN4O2S/c1-18(33)29-22-9-5-8-20(14-22)17-32-13-12-26(31-32)30-27(34)23(15-19-6-3-4-7-19)21-10-11-25(35-2)24(28)16-21/h5,8-14,16,19,23H,3-4,6-7,15,17H2,1-2H3,(H,29,33)(H,30,31,34)/t23-/m1/s1. The maximum absolute atomic E-state index is 13.4. The Kier molecular flexibility index (Phi) is 8.52. The van der Waals surface area contributed by atoms with Crippen LogP contribution in [0.25, 0.3) is 0 Å². The number of rotatable bonds is 9. The molecule has 1 aromatic heterocycles. The summed E-state index contributed by atoms with van der Waals surface area (Å²) < 4.78 is 1.78. The fraction of sp³-hybridized carbons (Fsp3) is 0.370. The Balaban J connectivity index is 1.47. The van der Waals surface area contributed by atoms with Gasteiger partial charge in [-0.2, -0.15) is 5.10 Å². The van der Waals surface area contributed by atoms with Gasteiger partial charge in [0, 0.05) is 29.8 Å². The van der Waals surface area contributed by atoms with Gasteiger partial charge in [-0.05, 0) is 54.0 Å². The first-order valence-electron chi connectivity index (χ1n) is 12.0. The van der Waals surface area contributed by atoms with Crippen molar-refractivity contribution in [3.63, 3.8) is 0 Å². The van der Waals surface area contributed by atoms with Crippen LogP contribution in [0.3, 0.4) is 0 Å². The maximum atomic E-state index is 13.4. The molecule has 0 radical (unpaired) electrons. The molecule has 0 spiro atoms. The summed E-state index contributed by atoms with van der Waals surface area (Å²) in [5.41, 5.74) is 2.70. The molecule has 8 heteroatoms. The van der Waals surface area contributed by atoms with Gasteiger partial charge < -0.3 is 10.6 Å². The number of nitrogens with one attached hydrogen (secondary N) is 2. The normalized spacial score (nSPS) is 14.6. The monoisotopic (exact) mass is 510 g/mol. The molecule has 1 saturated carbocycles. The minimum atomic E-state index is -0.272. The zero-order chi connectivity index (χ0) is 24.8. The van der Waals surface area contributed by atoms with Crippen molar-refractivity contribution < 1.29 is 9.59 Å². The second-order valence-electron chi connectivity index (χ2n) is 9.10. The minimum Gasteiger partial charge on any atom is -0.326 e. The fourth-order valence-electron chi connectivity index (χ4n) is 4.74. The topological polar surface area (TPSA) is 76.0 Å². The number of halogens is 1. The van der Waals surface area contributed by atoms with Crippen LogP contribution in [-0.2, 0) is 16.1 Å². The van der Waals surface area contributed by atoms with Gasteiger partial charge in [0.1, 0.15) is 0 Å². The second-order valence-corrected chi connectivity index (χ2v) is 10.4. The van der Waals surface area contributed by atoms with Gasteiger partial charge in [-0.3, -0.25) is 14.3 Å². The largest absolute Gasteiger partial charge is 0.326 e. The fourth-order valence-corrected chi connectivity index (χ4v) is 5.62. The average Bonchev–Trinajstić information content (AvgIpc) is 3.49. The van der Waals surface area contributed by atoms with Crippen molar-refractivity contribution >= 4 is 46.7 Å².